The van der Waals surface area contributed by atoms with Crippen LogP contribution in [0.1, 0.15) is 19.3 Å². The van der Waals surface area contributed by atoms with Crippen LogP contribution in [0.15, 0.2) is 29.4 Å². The molecule has 1 heterocycles. The van der Waals surface area contributed by atoms with Gasteiger partial charge in [0, 0.05) is 31.8 Å². The number of hydroxylamine groups is 2. The summed E-state index contributed by atoms with van der Waals surface area (Å²) in [5.74, 6) is -1.72. The average Bonchev–Trinajstić information content (AvgIpc) is 2.59. The molecule has 0 aromatic carbocycles. The second-order valence-corrected chi connectivity index (χ2v) is 8.91. The van der Waals surface area contributed by atoms with Crippen LogP contribution in [0.2, 0.25) is 0 Å². The molecule has 1 N–H and O–H groups in total. The molecule has 1 rings (SSSR count). The van der Waals surface area contributed by atoms with Crippen molar-refractivity contribution in [2.45, 2.75) is 29.5 Å². The van der Waals surface area contributed by atoms with Crippen molar-refractivity contribution in [1.29, 1.82) is 0 Å². The Kier molecular flexibility index (Phi) is 9.62. The third-order valence-corrected chi connectivity index (χ3v) is 6.37. The Bertz CT molecular complexity index is 713. The van der Waals surface area contributed by atoms with E-state index in [9.17, 15) is 27.4 Å². The molecule has 0 radical (unpaired) electrons. The molecule has 0 fully saturated rings. The Hall–Kier alpha value is -1.63. The molecule has 1 aromatic rings. The molecule has 0 aliphatic rings. The number of carbonyl (C=O) groups is 3. The van der Waals surface area contributed by atoms with Crippen LogP contribution in [-0.2, 0) is 29.3 Å². The van der Waals surface area contributed by atoms with E-state index < -0.39 is 27.2 Å². The van der Waals surface area contributed by atoms with Gasteiger partial charge in [-0.15, -0.1) is 0 Å². The van der Waals surface area contributed by atoms with Crippen LogP contribution < -0.4 is 0 Å². The molecular weight excluding hydrogens is 404 g/mol. The summed E-state index contributed by atoms with van der Waals surface area (Å²) in [7, 11) is -1.03. The first-order valence-corrected chi connectivity index (χ1v) is 11.2. The summed E-state index contributed by atoms with van der Waals surface area (Å²) >= 11 is 0. The van der Waals surface area contributed by atoms with Gasteiger partial charge in [-0.1, -0.05) is 16.9 Å². The van der Waals surface area contributed by atoms with E-state index in [1.807, 2.05) is 0 Å². The lowest BCUT2D eigenvalue weighted by molar-refractivity contribution is -0.192. The third-order valence-electron chi connectivity index (χ3n) is 2.92. The summed E-state index contributed by atoms with van der Waals surface area (Å²) < 4.78 is 32.1. The largest absolute Gasteiger partial charge is 0.353 e. The highest BCUT2D eigenvalue weighted by Gasteiger charge is 2.34. The van der Waals surface area contributed by atoms with Crippen molar-refractivity contribution in [1.82, 2.24) is 10.0 Å². The molecule has 26 heavy (non-hydrogen) atoms. The van der Waals surface area contributed by atoms with Crippen LogP contribution in [0.3, 0.4) is 0 Å². The number of hydrogen-bond acceptors (Lipinski definition) is 9. The van der Waals surface area contributed by atoms with E-state index in [-0.39, 0.29) is 25.0 Å². The lowest BCUT2D eigenvalue weighted by Crippen LogP contribution is -2.38. The maximum Gasteiger partial charge on any atom is 0.353 e. The topological polar surface area (TPSA) is 131 Å². The van der Waals surface area contributed by atoms with E-state index in [1.54, 1.807) is 24.4 Å². The van der Waals surface area contributed by atoms with Gasteiger partial charge >= 0.3 is 5.97 Å². The van der Waals surface area contributed by atoms with Gasteiger partial charge in [0.2, 0.25) is 0 Å². The summed E-state index contributed by atoms with van der Waals surface area (Å²) in [4.78, 5) is 42.6. The van der Waals surface area contributed by atoms with Crippen LogP contribution in [0.4, 0.5) is 0 Å². The van der Waals surface area contributed by atoms with Crippen molar-refractivity contribution in [2.24, 2.45) is 0 Å². The molecule has 1 amide bonds. The molecule has 0 bridgehead atoms. The minimum absolute atomic E-state index is 0.0518. The number of rotatable bonds is 10. The Balaban J connectivity index is 2.56. The van der Waals surface area contributed by atoms with E-state index in [0.717, 1.165) is 7.05 Å². The molecule has 0 spiro atoms. The number of amides is 1. The maximum atomic E-state index is 12.0. The summed E-state index contributed by atoms with van der Waals surface area (Å²) in [6.45, 7) is 0. The second-order valence-electron chi connectivity index (χ2n) is 4.87. The molecular formula is C14H18N2O7S3. The van der Waals surface area contributed by atoms with Crippen LogP contribution in [0.25, 0.3) is 0 Å². The third kappa shape index (κ3) is 8.17. The molecule has 144 valence electrons. The normalized spacial score (nSPS) is 12.2. The van der Waals surface area contributed by atoms with Gasteiger partial charge in [0.1, 0.15) is 11.3 Å². The van der Waals surface area contributed by atoms with Crippen molar-refractivity contribution in [3.63, 3.8) is 0 Å². The number of nitrogens with zero attached hydrogens (tertiary/aromatic N) is 2. The van der Waals surface area contributed by atoms with E-state index >= 15 is 0 Å². The molecule has 0 saturated carbocycles. The molecule has 9 nitrogen and oxygen atoms in total. The van der Waals surface area contributed by atoms with Crippen LogP contribution in [-0.4, -0.2) is 59.2 Å². The molecule has 0 saturated heterocycles. The van der Waals surface area contributed by atoms with Gasteiger partial charge in [0.05, 0.1) is 0 Å². The van der Waals surface area contributed by atoms with Gasteiger partial charge in [0.15, 0.2) is 5.25 Å². The Morgan fingerprint density at radius 1 is 1.42 bits per heavy atom. The quantitative estimate of drug-likeness (QED) is 0.194. The highest BCUT2D eigenvalue weighted by molar-refractivity contribution is 8.76. The van der Waals surface area contributed by atoms with Gasteiger partial charge in [0.25, 0.3) is 16.0 Å². The van der Waals surface area contributed by atoms with Crippen molar-refractivity contribution >= 4 is 49.9 Å². The number of aldehydes is 1. The molecule has 0 aliphatic heterocycles. The highest BCUT2D eigenvalue weighted by Crippen LogP contribution is 2.30. The van der Waals surface area contributed by atoms with E-state index in [1.165, 1.54) is 21.6 Å². The van der Waals surface area contributed by atoms with Crippen LogP contribution in [0, 0.1) is 0 Å². The van der Waals surface area contributed by atoms with Gasteiger partial charge in [-0.2, -0.15) is 13.5 Å². The minimum Gasteiger partial charge on any atom is -0.337 e. The van der Waals surface area contributed by atoms with Crippen molar-refractivity contribution in [3.05, 3.63) is 24.4 Å². The molecule has 12 heteroatoms. The zero-order chi connectivity index (χ0) is 19.6. The zero-order valence-corrected chi connectivity index (χ0v) is 16.3. The monoisotopic (exact) mass is 422 g/mol. The molecule has 1 atom stereocenters. The molecule has 1 unspecified atom stereocenters. The number of carbonyl (C=O) groups excluding carboxylic acids is 3. The molecule has 1 aromatic heterocycles. The first kappa shape index (κ1) is 22.4. The first-order chi connectivity index (χ1) is 12.3. The highest BCUT2D eigenvalue weighted by atomic mass is 33.1. The Morgan fingerprint density at radius 2 is 2.15 bits per heavy atom. The lowest BCUT2D eigenvalue weighted by atomic mass is 10.3. The van der Waals surface area contributed by atoms with Gasteiger partial charge < -0.3 is 9.63 Å². The van der Waals surface area contributed by atoms with Gasteiger partial charge in [-0.25, -0.2) is 9.78 Å². The summed E-state index contributed by atoms with van der Waals surface area (Å²) in [6, 6.07) is 5.32. The fourth-order valence-corrected chi connectivity index (χ4v) is 4.45. The Labute approximate surface area is 159 Å². The fraction of sp³-hybridized carbons (Fsp3) is 0.429. The minimum atomic E-state index is -4.70. The van der Waals surface area contributed by atoms with Crippen LogP contribution in [0.5, 0.6) is 0 Å². The van der Waals surface area contributed by atoms with E-state index in [0.29, 0.717) is 16.4 Å². The number of aromatic nitrogens is 1. The van der Waals surface area contributed by atoms with E-state index in [2.05, 4.69) is 9.82 Å². The summed E-state index contributed by atoms with van der Waals surface area (Å²) in [5.41, 5.74) is 0. The number of hydrogen-bond donors (Lipinski definition) is 1. The smallest absolute Gasteiger partial charge is 0.337 e. The SMILES string of the molecule is CN(OC(=O)C(CCSSc1ccccn1)S(=O)(=O)O)C(=O)CCC=O. The van der Waals surface area contributed by atoms with Gasteiger partial charge in [-0.05, 0) is 29.3 Å². The van der Waals surface area contributed by atoms with E-state index in [4.69, 9.17) is 0 Å². The first-order valence-electron chi connectivity index (χ1n) is 7.34. The van der Waals surface area contributed by atoms with Gasteiger partial charge in [-0.3, -0.25) is 9.35 Å². The predicted octanol–water partition coefficient (Wildman–Crippen LogP) is 1.36. The zero-order valence-electron chi connectivity index (χ0n) is 13.8. The van der Waals surface area contributed by atoms with Crippen LogP contribution >= 0.6 is 21.6 Å². The lowest BCUT2D eigenvalue weighted by Gasteiger charge is -2.19. The van der Waals surface area contributed by atoms with Crippen molar-refractivity contribution in [3.8, 4) is 0 Å². The fourth-order valence-electron chi connectivity index (χ4n) is 1.63. The average molecular weight is 423 g/mol. The second kappa shape index (κ2) is 11.2. The van der Waals surface area contributed by atoms with Crippen molar-refractivity contribution in [2.75, 3.05) is 12.8 Å². The standard InChI is InChI=1S/C14H18N2O7S3/c1-16(13(18)6-4-9-17)23-14(19)11(26(20,21)22)7-10-24-25-12-5-2-3-8-15-12/h2-3,5,8-9,11H,4,6-7,10H2,1H3,(H,20,21,22). The maximum absolute atomic E-state index is 12.0. The summed E-state index contributed by atoms with van der Waals surface area (Å²) in [5, 5.41) is -0.551. The predicted molar refractivity (Wildman–Crippen MR) is 96.7 cm³/mol. The Morgan fingerprint density at radius 3 is 2.73 bits per heavy atom. The summed E-state index contributed by atoms with van der Waals surface area (Å²) in [6.07, 6.45) is 1.70. The molecule has 0 aliphatic carbocycles. The number of pyridine rings is 1. The van der Waals surface area contributed by atoms with Crippen molar-refractivity contribution < 1.29 is 32.2 Å².